The monoisotopic (exact) mass is 214 g/mol. The van der Waals surface area contributed by atoms with Crippen LogP contribution in [0.2, 0.25) is 0 Å². The summed E-state index contributed by atoms with van der Waals surface area (Å²) in [5.41, 5.74) is 7.17. The van der Waals surface area contributed by atoms with Gasteiger partial charge in [-0.1, -0.05) is 22.0 Å². The van der Waals surface area contributed by atoms with Gasteiger partial charge < -0.3 is 5.73 Å². The van der Waals surface area contributed by atoms with Gasteiger partial charge in [-0.05, 0) is 22.9 Å². The van der Waals surface area contributed by atoms with Crippen LogP contribution in [-0.2, 0) is 5.33 Å². The van der Waals surface area contributed by atoms with E-state index >= 15 is 0 Å². The van der Waals surface area contributed by atoms with Gasteiger partial charge in [0.05, 0.1) is 5.69 Å². The van der Waals surface area contributed by atoms with Crippen molar-refractivity contribution in [3.63, 3.8) is 0 Å². The molecular formula is C7H7BrN2O. The molecule has 1 aromatic rings. The zero-order chi connectivity index (χ0) is 8.27. The lowest BCUT2D eigenvalue weighted by Gasteiger charge is -1.98. The molecule has 0 aromatic heterocycles. The van der Waals surface area contributed by atoms with Crippen LogP contribution in [0.1, 0.15) is 5.56 Å². The van der Waals surface area contributed by atoms with Gasteiger partial charge in [0.15, 0.2) is 0 Å². The number of hydrogen-bond donors (Lipinski definition) is 1. The Labute approximate surface area is 72.7 Å². The van der Waals surface area contributed by atoms with Crippen molar-refractivity contribution in [3.8, 4) is 0 Å². The lowest BCUT2D eigenvalue weighted by molar-refractivity contribution is 1.40. The summed E-state index contributed by atoms with van der Waals surface area (Å²) in [6.45, 7) is 0. The van der Waals surface area contributed by atoms with Crippen LogP contribution in [0.25, 0.3) is 0 Å². The van der Waals surface area contributed by atoms with Gasteiger partial charge in [-0.15, -0.1) is 4.91 Å². The summed E-state index contributed by atoms with van der Waals surface area (Å²) in [4.78, 5) is 10.2. The van der Waals surface area contributed by atoms with Crippen molar-refractivity contribution >= 4 is 27.3 Å². The van der Waals surface area contributed by atoms with Gasteiger partial charge in [-0.25, -0.2) is 0 Å². The van der Waals surface area contributed by atoms with E-state index in [1.807, 2.05) is 6.07 Å². The van der Waals surface area contributed by atoms with E-state index in [-0.39, 0.29) is 0 Å². The molecule has 3 nitrogen and oxygen atoms in total. The Kier molecular flexibility index (Phi) is 2.59. The summed E-state index contributed by atoms with van der Waals surface area (Å²) in [7, 11) is 0. The first kappa shape index (κ1) is 8.20. The van der Waals surface area contributed by atoms with Crippen molar-refractivity contribution < 1.29 is 0 Å². The predicted octanol–water partition coefficient (Wildman–Crippen LogP) is 2.56. The Morgan fingerprint density at radius 1 is 1.55 bits per heavy atom. The second-order valence-electron chi connectivity index (χ2n) is 2.12. The minimum absolute atomic E-state index is 0.307. The van der Waals surface area contributed by atoms with Gasteiger partial charge in [0.2, 0.25) is 0 Å². The van der Waals surface area contributed by atoms with Crippen molar-refractivity contribution in [1.82, 2.24) is 0 Å². The second kappa shape index (κ2) is 3.48. The molecule has 0 aliphatic carbocycles. The van der Waals surface area contributed by atoms with E-state index in [1.165, 1.54) is 0 Å². The highest BCUT2D eigenvalue weighted by Crippen LogP contribution is 2.23. The van der Waals surface area contributed by atoms with E-state index in [0.29, 0.717) is 16.7 Å². The summed E-state index contributed by atoms with van der Waals surface area (Å²) in [6, 6.07) is 5.18. The first-order chi connectivity index (χ1) is 5.27. The third kappa shape index (κ3) is 1.77. The molecule has 0 atom stereocenters. The maximum atomic E-state index is 10.2. The van der Waals surface area contributed by atoms with Gasteiger partial charge in [-0.3, -0.25) is 0 Å². The van der Waals surface area contributed by atoms with Crippen molar-refractivity contribution in [1.29, 1.82) is 0 Å². The minimum Gasteiger partial charge on any atom is -0.397 e. The Bertz CT molecular complexity index is 275. The van der Waals surface area contributed by atoms with Crippen LogP contribution >= 0.6 is 15.9 Å². The highest BCUT2D eigenvalue weighted by Gasteiger charge is 1.98. The molecule has 0 radical (unpaired) electrons. The quantitative estimate of drug-likeness (QED) is 0.468. The molecular weight excluding hydrogens is 208 g/mol. The maximum Gasteiger partial charge on any atom is 0.131 e. The van der Waals surface area contributed by atoms with Crippen LogP contribution in [0.4, 0.5) is 11.4 Å². The lowest BCUT2D eigenvalue weighted by Crippen LogP contribution is -1.86. The molecule has 58 valence electrons. The van der Waals surface area contributed by atoms with Gasteiger partial charge in [0.1, 0.15) is 5.69 Å². The summed E-state index contributed by atoms with van der Waals surface area (Å²) in [5, 5.41) is 3.49. The van der Waals surface area contributed by atoms with Crippen LogP contribution in [0.5, 0.6) is 0 Å². The summed E-state index contributed by atoms with van der Waals surface area (Å²) in [6.07, 6.45) is 0. The number of hydrogen-bond acceptors (Lipinski definition) is 3. The molecule has 1 aromatic carbocycles. The molecule has 0 spiro atoms. The average molecular weight is 215 g/mol. The van der Waals surface area contributed by atoms with E-state index in [0.717, 1.165) is 5.56 Å². The smallest absolute Gasteiger partial charge is 0.131 e. The van der Waals surface area contributed by atoms with E-state index in [1.54, 1.807) is 12.1 Å². The number of nitroso groups, excluding NO2 is 1. The molecule has 0 amide bonds. The highest BCUT2D eigenvalue weighted by molar-refractivity contribution is 9.08. The van der Waals surface area contributed by atoms with Crippen LogP contribution in [0, 0.1) is 4.91 Å². The molecule has 0 unspecified atom stereocenters. The summed E-state index contributed by atoms with van der Waals surface area (Å²) >= 11 is 3.26. The highest BCUT2D eigenvalue weighted by atomic mass is 79.9. The topological polar surface area (TPSA) is 55.4 Å². The molecule has 0 heterocycles. The number of alkyl halides is 1. The van der Waals surface area contributed by atoms with E-state index in [9.17, 15) is 4.91 Å². The third-order valence-corrected chi connectivity index (χ3v) is 1.99. The number of nitrogens with zero attached hydrogens (tertiary/aromatic N) is 1. The summed E-state index contributed by atoms with van der Waals surface area (Å²) < 4.78 is 0. The SMILES string of the molecule is Nc1ccc(CBr)cc1N=O. The molecule has 0 saturated heterocycles. The largest absolute Gasteiger partial charge is 0.397 e. The van der Waals surface area contributed by atoms with Crippen LogP contribution < -0.4 is 5.73 Å². The van der Waals surface area contributed by atoms with E-state index in [2.05, 4.69) is 21.1 Å². The van der Waals surface area contributed by atoms with Gasteiger partial charge in [0.25, 0.3) is 0 Å². The molecule has 1 rings (SSSR count). The second-order valence-corrected chi connectivity index (χ2v) is 2.68. The normalized spacial score (nSPS) is 9.55. The van der Waals surface area contributed by atoms with Gasteiger partial charge >= 0.3 is 0 Å². The Hall–Kier alpha value is -0.900. The molecule has 11 heavy (non-hydrogen) atoms. The number of nitrogen functional groups attached to an aromatic ring is 1. The minimum atomic E-state index is 0.307. The van der Waals surface area contributed by atoms with Crippen LogP contribution in [0.15, 0.2) is 23.4 Å². The predicted molar refractivity (Wildman–Crippen MR) is 48.9 cm³/mol. The molecule has 0 aliphatic heterocycles. The van der Waals surface area contributed by atoms with Crippen molar-refractivity contribution in [2.45, 2.75) is 5.33 Å². The molecule has 0 fully saturated rings. The van der Waals surface area contributed by atoms with Crippen molar-refractivity contribution in [2.75, 3.05) is 5.73 Å². The fourth-order valence-corrected chi connectivity index (χ4v) is 1.10. The Morgan fingerprint density at radius 2 is 2.27 bits per heavy atom. The Balaban J connectivity index is 3.12. The summed E-state index contributed by atoms with van der Waals surface area (Å²) in [5.74, 6) is 0. The maximum absolute atomic E-state index is 10.2. The first-order valence-corrected chi connectivity index (χ1v) is 4.18. The number of benzene rings is 1. The Morgan fingerprint density at radius 3 is 2.82 bits per heavy atom. The van der Waals surface area contributed by atoms with Gasteiger partial charge in [-0.2, -0.15) is 0 Å². The van der Waals surface area contributed by atoms with Crippen molar-refractivity contribution in [2.24, 2.45) is 5.18 Å². The van der Waals surface area contributed by atoms with Crippen molar-refractivity contribution in [3.05, 3.63) is 28.7 Å². The number of halogens is 1. The zero-order valence-electron chi connectivity index (χ0n) is 5.75. The average Bonchev–Trinajstić information content (AvgIpc) is 2.05. The lowest BCUT2D eigenvalue weighted by atomic mass is 10.2. The first-order valence-electron chi connectivity index (χ1n) is 3.05. The number of anilines is 1. The molecule has 2 N–H and O–H groups in total. The van der Waals surface area contributed by atoms with E-state index < -0.39 is 0 Å². The third-order valence-electron chi connectivity index (χ3n) is 1.35. The number of rotatable bonds is 2. The zero-order valence-corrected chi connectivity index (χ0v) is 7.34. The number of nitrogens with two attached hydrogens (primary N) is 1. The standard InChI is InChI=1S/C7H7BrN2O/c8-4-5-1-2-6(9)7(3-5)10-11/h1-3H,4,9H2. The fraction of sp³-hybridized carbons (Fsp3) is 0.143. The van der Waals surface area contributed by atoms with Crippen LogP contribution in [-0.4, -0.2) is 0 Å². The van der Waals surface area contributed by atoms with Gasteiger partial charge in [0, 0.05) is 5.33 Å². The van der Waals surface area contributed by atoms with Crippen LogP contribution in [0.3, 0.4) is 0 Å². The molecule has 0 aliphatic rings. The molecule has 4 heteroatoms. The molecule has 0 saturated carbocycles. The molecule has 0 bridgehead atoms. The van der Waals surface area contributed by atoms with E-state index in [4.69, 9.17) is 5.73 Å². The fourth-order valence-electron chi connectivity index (χ4n) is 0.751.